The van der Waals surface area contributed by atoms with Gasteiger partial charge in [0.2, 0.25) is 0 Å². The molecular formula is C17H12N2. The zero-order chi connectivity index (χ0) is 12.7. The van der Waals surface area contributed by atoms with Gasteiger partial charge in [0.1, 0.15) is 0 Å². The van der Waals surface area contributed by atoms with Crippen LogP contribution in [0.1, 0.15) is 0 Å². The Labute approximate surface area is 110 Å². The van der Waals surface area contributed by atoms with E-state index in [0.717, 1.165) is 11.0 Å². The van der Waals surface area contributed by atoms with E-state index in [1.165, 1.54) is 21.9 Å². The Morgan fingerprint density at radius 3 is 2.58 bits per heavy atom. The first-order chi connectivity index (χ1) is 9.43. The van der Waals surface area contributed by atoms with Gasteiger partial charge in [0.15, 0.2) is 0 Å². The highest BCUT2D eigenvalue weighted by atomic mass is 14.7. The second-order valence-corrected chi connectivity index (χ2v) is 4.64. The molecule has 2 aromatic heterocycles. The molecular weight excluding hydrogens is 232 g/mol. The summed E-state index contributed by atoms with van der Waals surface area (Å²) in [5, 5.41) is 2.42. The number of aromatic amines is 1. The molecule has 0 aliphatic heterocycles. The number of fused-ring (bicyclic) bond motifs is 3. The maximum Gasteiger partial charge on any atom is 0.0496 e. The van der Waals surface area contributed by atoms with Crippen molar-refractivity contribution in [3.63, 3.8) is 0 Å². The second-order valence-electron chi connectivity index (χ2n) is 4.64. The van der Waals surface area contributed by atoms with Crippen LogP contribution in [0.25, 0.3) is 32.9 Å². The Morgan fingerprint density at radius 1 is 0.789 bits per heavy atom. The largest absolute Gasteiger partial charge is 0.354 e. The molecule has 0 fully saturated rings. The number of aromatic nitrogens is 2. The number of H-pyrrole nitrogens is 1. The number of benzene rings is 2. The predicted octanol–water partition coefficient (Wildman–Crippen LogP) is 4.38. The van der Waals surface area contributed by atoms with Gasteiger partial charge in [-0.25, -0.2) is 0 Å². The van der Waals surface area contributed by atoms with Gasteiger partial charge in [0.05, 0.1) is 0 Å². The molecule has 2 heterocycles. The molecule has 0 saturated carbocycles. The molecule has 0 aliphatic rings. The average Bonchev–Trinajstić information content (AvgIpc) is 2.86. The van der Waals surface area contributed by atoms with Crippen molar-refractivity contribution in [2.24, 2.45) is 0 Å². The SMILES string of the molecule is c1ccc(-c2cccc3[nH]c4ccncc4c23)cc1. The van der Waals surface area contributed by atoms with Gasteiger partial charge in [0, 0.05) is 34.2 Å². The van der Waals surface area contributed by atoms with E-state index in [0.29, 0.717) is 0 Å². The van der Waals surface area contributed by atoms with Gasteiger partial charge in [-0.05, 0) is 23.3 Å². The van der Waals surface area contributed by atoms with Crippen LogP contribution in [0.3, 0.4) is 0 Å². The Morgan fingerprint density at radius 2 is 1.68 bits per heavy atom. The summed E-state index contributed by atoms with van der Waals surface area (Å²) in [6.07, 6.45) is 3.75. The van der Waals surface area contributed by atoms with Gasteiger partial charge in [-0.1, -0.05) is 42.5 Å². The minimum atomic E-state index is 1.13. The lowest BCUT2D eigenvalue weighted by molar-refractivity contribution is 1.36. The van der Waals surface area contributed by atoms with Crippen molar-refractivity contribution < 1.29 is 0 Å². The highest BCUT2D eigenvalue weighted by molar-refractivity contribution is 6.13. The zero-order valence-electron chi connectivity index (χ0n) is 10.3. The molecule has 4 aromatic rings. The highest BCUT2D eigenvalue weighted by Gasteiger charge is 2.09. The van der Waals surface area contributed by atoms with Gasteiger partial charge in [-0.15, -0.1) is 0 Å². The van der Waals surface area contributed by atoms with Crippen molar-refractivity contribution in [3.8, 4) is 11.1 Å². The summed E-state index contributed by atoms with van der Waals surface area (Å²) >= 11 is 0. The quantitative estimate of drug-likeness (QED) is 0.528. The Bertz CT molecular complexity index is 860. The van der Waals surface area contributed by atoms with Crippen molar-refractivity contribution in [1.29, 1.82) is 0 Å². The van der Waals surface area contributed by atoms with Gasteiger partial charge < -0.3 is 4.98 Å². The van der Waals surface area contributed by atoms with Crippen LogP contribution < -0.4 is 0 Å². The van der Waals surface area contributed by atoms with E-state index in [2.05, 4.69) is 52.4 Å². The maximum atomic E-state index is 4.25. The normalized spacial score (nSPS) is 11.2. The lowest BCUT2D eigenvalue weighted by atomic mass is 10.0. The van der Waals surface area contributed by atoms with Crippen LogP contribution >= 0.6 is 0 Å². The molecule has 0 spiro atoms. The van der Waals surface area contributed by atoms with E-state index in [9.17, 15) is 0 Å². The first-order valence-electron chi connectivity index (χ1n) is 6.33. The minimum Gasteiger partial charge on any atom is -0.354 e. The maximum absolute atomic E-state index is 4.25. The second kappa shape index (κ2) is 3.95. The molecule has 0 radical (unpaired) electrons. The van der Waals surface area contributed by atoms with Gasteiger partial charge in [0.25, 0.3) is 0 Å². The summed E-state index contributed by atoms with van der Waals surface area (Å²) in [6, 6.07) is 18.9. The van der Waals surface area contributed by atoms with Crippen LogP contribution in [0.5, 0.6) is 0 Å². The van der Waals surface area contributed by atoms with Gasteiger partial charge in [-0.3, -0.25) is 4.98 Å². The first-order valence-corrected chi connectivity index (χ1v) is 6.33. The Kier molecular flexibility index (Phi) is 2.15. The third kappa shape index (κ3) is 1.54. The van der Waals surface area contributed by atoms with Crippen molar-refractivity contribution >= 4 is 21.8 Å². The zero-order valence-corrected chi connectivity index (χ0v) is 10.3. The fourth-order valence-electron chi connectivity index (χ4n) is 2.65. The summed E-state index contributed by atoms with van der Waals surface area (Å²) in [5.74, 6) is 0. The summed E-state index contributed by atoms with van der Waals surface area (Å²) < 4.78 is 0. The fourth-order valence-corrected chi connectivity index (χ4v) is 2.65. The van der Waals surface area contributed by atoms with Crippen LogP contribution in [0.4, 0.5) is 0 Å². The van der Waals surface area contributed by atoms with Crippen molar-refractivity contribution in [2.45, 2.75) is 0 Å². The predicted molar refractivity (Wildman–Crippen MR) is 79.0 cm³/mol. The van der Waals surface area contributed by atoms with E-state index in [1.54, 1.807) is 0 Å². The molecule has 2 aromatic carbocycles. The molecule has 4 rings (SSSR count). The molecule has 19 heavy (non-hydrogen) atoms. The minimum absolute atomic E-state index is 1.13. The number of hydrogen-bond acceptors (Lipinski definition) is 1. The molecule has 90 valence electrons. The summed E-state index contributed by atoms with van der Waals surface area (Å²) in [7, 11) is 0. The average molecular weight is 244 g/mol. The van der Waals surface area contributed by atoms with Crippen LogP contribution in [0.15, 0.2) is 67.0 Å². The van der Waals surface area contributed by atoms with E-state index in [-0.39, 0.29) is 0 Å². The molecule has 1 N–H and O–H groups in total. The number of pyridine rings is 1. The van der Waals surface area contributed by atoms with Crippen molar-refractivity contribution in [2.75, 3.05) is 0 Å². The third-order valence-corrected chi connectivity index (χ3v) is 3.51. The molecule has 2 heteroatoms. The number of rotatable bonds is 1. The molecule has 0 amide bonds. The van der Waals surface area contributed by atoms with E-state index < -0.39 is 0 Å². The smallest absolute Gasteiger partial charge is 0.0496 e. The van der Waals surface area contributed by atoms with E-state index >= 15 is 0 Å². The highest BCUT2D eigenvalue weighted by Crippen LogP contribution is 2.33. The molecule has 0 unspecified atom stereocenters. The van der Waals surface area contributed by atoms with Crippen molar-refractivity contribution in [3.05, 3.63) is 67.0 Å². The third-order valence-electron chi connectivity index (χ3n) is 3.51. The summed E-state index contributed by atoms with van der Waals surface area (Å²) in [6.45, 7) is 0. The Balaban J connectivity index is 2.17. The van der Waals surface area contributed by atoms with Crippen LogP contribution in [0.2, 0.25) is 0 Å². The molecule has 2 nitrogen and oxygen atoms in total. The van der Waals surface area contributed by atoms with Crippen LogP contribution in [-0.4, -0.2) is 9.97 Å². The lowest BCUT2D eigenvalue weighted by Crippen LogP contribution is -1.79. The van der Waals surface area contributed by atoms with Crippen molar-refractivity contribution in [1.82, 2.24) is 9.97 Å². The standard InChI is InChI=1S/C17H12N2/c1-2-5-12(6-3-1)13-7-4-8-16-17(13)14-11-18-10-9-15(14)19-16/h1-11,19H. The molecule has 0 atom stereocenters. The number of nitrogens with zero attached hydrogens (tertiary/aromatic N) is 1. The van der Waals surface area contributed by atoms with Gasteiger partial charge >= 0.3 is 0 Å². The van der Waals surface area contributed by atoms with E-state index in [1.807, 2.05) is 24.5 Å². The van der Waals surface area contributed by atoms with E-state index in [4.69, 9.17) is 0 Å². The Hall–Kier alpha value is -2.61. The number of hydrogen-bond donors (Lipinski definition) is 1. The van der Waals surface area contributed by atoms with Gasteiger partial charge in [-0.2, -0.15) is 0 Å². The first kappa shape index (κ1) is 10.3. The monoisotopic (exact) mass is 244 g/mol. The molecule has 0 bridgehead atoms. The summed E-state index contributed by atoms with van der Waals surface area (Å²) in [4.78, 5) is 7.70. The summed E-state index contributed by atoms with van der Waals surface area (Å²) in [5.41, 5.74) is 4.77. The topological polar surface area (TPSA) is 28.7 Å². The molecule has 0 aliphatic carbocycles. The molecule has 0 saturated heterocycles. The van der Waals surface area contributed by atoms with Crippen LogP contribution in [-0.2, 0) is 0 Å². The fraction of sp³-hybridized carbons (Fsp3) is 0. The lowest BCUT2D eigenvalue weighted by Gasteiger charge is -2.03. The number of nitrogens with one attached hydrogen (secondary N) is 1. The van der Waals surface area contributed by atoms with Crippen LogP contribution in [0, 0.1) is 0 Å².